The number of carbonyl (C=O) groups excluding carboxylic acids is 3. The molecule has 0 heterocycles. The van der Waals surface area contributed by atoms with E-state index in [1.807, 2.05) is 6.07 Å². The van der Waals surface area contributed by atoms with E-state index in [0.717, 1.165) is 18.0 Å². The number of ether oxygens (including phenoxy) is 1. The summed E-state index contributed by atoms with van der Waals surface area (Å²) in [6, 6.07) is 11.5. The number of thioether (sulfide) groups is 1. The highest BCUT2D eigenvalue weighted by molar-refractivity contribution is 7.98. The van der Waals surface area contributed by atoms with E-state index in [0.29, 0.717) is 28.5 Å². The van der Waals surface area contributed by atoms with E-state index >= 15 is 0 Å². The molecular weight excluding hydrogens is 438 g/mol. The van der Waals surface area contributed by atoms with Gasteiger partial charge in [-0.25, -0.2) is 0 Å². The Morgan fingerprint density at radius 2 is 1.90 bits per heavy atom. The molecule has 2 rings (SSSR count). The summed E-state index contributed by atoms with van der Waals surface area (Å²) in [6.07, 6.45) is 2.05. The van der Waals surface area contributed by atoms with Crippen molar-refractivity contribution in [2.45, 2.75) is 12.2 Å². The first kappa shape index (κ1) is 24.3. The lowest BCUT2D eigenvalue weighted by atomic mass is 9.98. The summed E-state index contributed by atoms with van der Waals surface area (Å²) in [5.74, 6) is -0.955. The van der Waals surface area contributed by atoms with Crippen LogP contribution in [0.3, 0.4) is 0 Å². The van der Waals surface area contributed by atoms with Crippen molar-refractivity contribution in [2.24, 2.45) is 5.92 Å². The Bertz CT molecular complexity index is 988. The number of amides is 1. The SMILES string of the molecule is COC(=O)CCSCc1cccc(C(=O)Nc2ccc(Cl)cc2C(=O)C(C=N)C=N)c1. The number of anilines is 1. The molecule has 0 saturated carbocycles. The Morgan fingerprint density at radius 1 is 1.16 bits per heavy atom. The summed E-state index contributed by atoms with van der Waals surface area (Å²) in [7, 11) is 1.35. The fraction of sp³-hybridized carbons (Fsp3) is 0.227. The second-order valence-electron chi connectivity index (χ2n) is 6.45. The van der Waals surface area contributed by atoms with Crippen molar-refractivity contribution in [3.8, 4) is 0 Å². The number of ketones is 1. The van der Waals surface area contributed by atoms with Gasteiger partial charge in [0.05, 0.1) is 25.1 Å². The third-order valence-electron chi connectivity index (χ3n) is 4.29. The van der Waals surface area contributed by atoms with Gasteiger partial charge in [0.1, 0.15) is 0 Å². The van der Waals surface area contributed by atoms with Crippen LogP contribution in [0.2, 0.25) is 5.02 Å². The third kappa shape index (κ3) is 7.04. The van der Waals surface area contributed by atoms with Crippen LogP contribution >= 0.6 is 23.4 Å². The molecule has 0 atom stereocenters. The Hall–Kier alpha value is -2.97. The van der Waals surface area contributed by atoms with Crippen LogP contribution in [0.25, 0.3) is 0 Å². The van der Waals surface area contributed by atoms with E-state index < -0.39 is 17.6 Å². The number of hydrogen-bond acceptors (Lipinski definition) is 7. The van der Waals surface area contributed by atoms with Crippen LogP contribution < -0.4 is 5.32 Å². The van der Waals surface area contributed by atoms with E-state index in [9.17, 15) is 14.4 Å². The molecule has 31 heavy (non-hydrogen) atoms. The molecule has 2 aromatic rings. The summed E-state index contributed by atoms with van der Waals surface area (Å²) in [6.45, 7) is 0. The molecule has 1 amide bonds. The van der Waals surface area contributed by atoms with Gasteiger partial charge >= 0.3 is 5.97 Å². The van der Waals surface area contributed by atoms with E-state index in [1.54, 1.807) is 36.0 Å². The minimum absolute atomic E-state index is 0.132. The molecule has 0 aliphatic rings. The Morgan fingerprint density at radius 3 is 2.58 bits per heavy atom. The van der Waals surface area contributed by atoms with E-state index in [-0.39, 0.29) is 17.2 Å². The van der Waals surface area contributed by atoms with Crippen LogP contribution in [0.1, 0.15) is 32.7 Å². The number of halogens is 1. The Balaban J connectivity index is 2.13. The Kier molecular flexibility index (Phi) is 9.42. The van der Waals surface area contributed by atoms with Crippen LogP contribution in [-0.2, 0) is 15.3 Å². The zero-order chi connectivity index (χ0) is 22.8. The fourth-order valence-corrected chi connectivity index (χ4v) is 3.70. The summed E-state index contributed by atoms with van der Waals surface area (Å²) < 4.78 is 4.61. The van der Waals surface area contributed by atoms with Crippen LogP contribution in [0, 0.1) is 16.7 Å². The van der Waals surface area contributed by atoms with Crippen LogP contribution in [0.4, 0.5) is 5.69 Å². The van der Waals surface area contributed by atoms with Crippen molar-refractivity contribution < 1.29 is 19.1 Å². The molecule has 0 aliphatic heterocycles. The Labute approximate surface area is 189 Å². The average molecular weight is 460 g/mol. The van der Waals surface area contributed by atoms with Gasteiger partial charge in [-0.05, 0) is 35.9 Å². The van der Waals surface area contributed by atoms with Gasteiger partial charge in [0.2, 0.25) is 0 Å². The highest BCUT2D eigenvalue weighted by Gasteiger charge is 2.21. The van der Waals surface area contributed by atoms with Crippen molar-refractivity contribution in [1.29, 1.82) is 10.8 Å². The number of esters is 1. The third-order valence-corrected chi connectivity index (χ3v) is 5.56. The van der Waals surface area contributed by atoms with E-state index in [1.165, 1.54) is 19.2 Å². The lowest BCUT2D eigenvalue weighted by Gasteiger charge is -2.13. The van der Waals surface area contributed by atoms with Crippen molar-refractivity contribution >= 4 is 59.1 Å². The van der Waals surface area contributed by atoms with Gasteiger partial charge in [-0.15, -0.1) is 0 Å². The molecule has 0 unspecified atom stereocenters. The topological polar surface area (TPSA) is 120 Å². The van der Waals surface area contributed by atoms with Gasteiger partial charge in [-0.1, -0.05) is 23.7 Å². The molecular formula is C22H22ClN3O4S. The maximum Gasteiger partial charge on any atom is 0.306 e. The number of benzene rings is 2. The highest BCUT2D eigenvalue weighted by Crippen LogP contribution is 2.24. The number of nitrogens with one attached hydrogen (secondary N) is 3. The second-order valence-corrected chi connectivity index (χ2v) is 7.99. The van der Waals surface area contributed by atoms with Gasteiger partial charge < -0.3 is 20.9 Å². The highest BCUT2D eigenvalue weighted by atomic mass is 35.5. The first-order valence-electron chi connectivity index (χ1n) is 9.29. The second kappa shape index (κ2) is 12.0. The van der Waals surface area contributed by atoms with Crippen molar-refractivity contribution in [3.63, 3.8) is 0 Å². The largest absolute Gasteiger partial charge is 0.469 e. The number of Topliss-reactive ketones (excluding diaryl/α,β-unsaturated/α-hetero) is 1. The molecule has 0 spiro atoms. The molecule has 3 N–H and O–H groups in total. The first-order chi connectivity index (χ1) is 14.9. The maximum atomic E-state index is 12.8. The fourth-order valence-electron chi connectivity index (χ4n) is 2.65. The number of hydrogen-bond donors (Lipinski definition) is 3. The molecule has 9 heteroatoms. The zero-order valence-corrected chi connectivity index (χ0v) is 18.4. The number of carbonyl (C=O) groups is 3. The van der Waals surface area contributed by atoms with Crippen molar-refractivity contribution in [3.05, 3.63) is 64.2 Å². The summed E-state index contributed by atoms with van der Waals surface area (Å²) in [5.41, 5.74) is 1.72. The lowest BCUT2D eigenvalue weighted by molar-refractivity contribution is -0.140. The predicted octanol–water partition coefficient (Wildman–Crippen LogP) is 4.49. The maximum absolute atomic E-state index is 12.8. The van der Waals surface area contributed by atoms with Gasteiger partial charge in [0.15, 0.2) is 5.78 Å². The zero-order valence-electron chi connectivity index (χ0n) is 16.8. The standard InChI is InChI=1S/C22H22ClN3O4S/c1-30-20(27)7-8-31-13-14-3-2-4-15(9-14)22(29)26-19-6-5-17(23)10-18(19)21(28)16(11-24)12-25/h2-6,9-12,16,24-25H,7-8,13H2,1H3,(H,26,29). The lowest BCUT2D eigenvalue weighted by Crippen LogP contribution is -2.20. The van der Waals surface area contributed by atoms with Crippen LogP contribution in [0.15, 0.2) is 42.5 Å². The molecule has 162 valence electrons. The molecule has 7 nitrogen and oxygen atoms in total. The predicted molar refractivity (Wildman–Crippen MR) is 124 cm³/mol. The van der Waals surface area contributed by atoms with Crippen LogP contribution in [-0.4, -0.2) is 43.0 Å². The van der Waals surface area contributed by atoms with E-state index in [4.69, 9.17) is 22.4 Å². The van der Waals surface area contributed by atoms with E-state index in [2.05, 4.69) is 10.1 Å². The molecule has 0 fully saturated rings. The van der Waals surface area contributed by atoms with Crippen LogP contribution in [0.5, 0.6) is 0 Å². The molecule has 0 saturated heterocycles. The molecule has 0 bridgehead atoms. The first-order valence-corrected chi connectivity index (χ1v) is 10.8. The normalized spacial score (nSPS) is 11.3. The molecule has 0 radical (unpaired) electrons. The molecule has 0 aromatic heterocycles. The smallest absolute Gasteiger partial charge is 0.306 e. The monoisotopic (exact) mass is 459 g/mol. The number of methoxy groups -OCH3 is 1. The molecule has 2 aromatic carbocycles. The van der Waals surface area contributed by atoms with Gasteiger partial charge in [-0.3, -0.25) is 14.4 Å². The molecule has 0 aliphatic carbocycles. The number of rotatable bonds is 11. The van der Waals surface area contributed by atoms with Gasteiger partial charge in [-0.2, -0.15) is 11.8 Å². The van der Waals surface area contributed by atoms with Crippen molar-refractivity contribution in [2.75, 3.05) is 18.2 Å². The summed E-state index contributed by atoms with van der Waals surface area (Å²) in [4.78, 5) is 36.6. The van der Waals surface area contributed by atoms with Crippen molar-refractivity contribution in [1.82, 2.24) is 0 Å². The minimum Gasteiger partial charge on any atom is -0.469 e. The summed E-state index contributed by atoms with van der Waals surface area (Å²) in [5, 5.41) is 17.7. The average Bonchev–Trinajstić information content (AvgIpc) is 2.78. The quantitative estimate of drug-likeness (QED) is 0.198. The van der Waals surface area contributed by atoms with Gasteiger partial charge in [0.25, 0.3) is 5.91 Å². The minimum atomic E-state index is -1.03. The van der Waals surface area contributed by atoms with Gasteiger partial charge in [0, 0.05) is 40.1 Å². The summed E-state index contributed by atoms with van der Waals surface area (Å²) >= 11 is 7.56.